The predicted octanol–water partition coefficient (Wildman–Crippen LogP) is 1.98. The van der Waals surface area contributed by atoms with Gasteiger partial charge in [-0.2, -0.15) is 0 Å². The molecule has 0 radical (unpaired) electrons. The third kappa shape index (κ3) is 15.4. The molecule has 0 aliphatic carbocycles. The Morgan fingerprint density at radius 3 is 1.59 bits per heavy atom. The summed E-state index contributed by atoms with van der Waals surface area (Å²) in [7, 11) is 0. The number of hydrogen-bond acceptors (Lipinski definition) is 8. The maximum Gasteiger partial charge on any atom is 0.320 e. The number of aliphatic carboxylic acids is 1. The normalized spacial score (nSPS) is 12.0. The van der Waals surface area contributed by atoms with Crippen molar-refractivity contribution in [3.05, 3.63) is 35.4 Å². The first kappa shape index (κ1) is 29.5. The molecule has 0 fully saturated rings. The zero-order valence-corrected chi connectivity index (χ0v) is 21.4. The first-order valence-electron chi connectivity index (χ1n) is 11.6. The predicted molar refractivity (Wildman–Crippen MR) is 130 cm³/mol. The summed E-state index contributed by atoms with van der Waals surface area (Å²) in [6, 6.07) is 7.49. The molecule has 1 rings (SSSR count). The Balaban J connectivity index is 2.57. The minimum absolute atomic E-state index is 0.00678. The molecule has 192 valence electrons. The topological polar surface area (TPSA) is 117 Å². The first-order valence-corrected chi connectivity index (χ1v) is 11.6. The highest BCUT2D eigenvalue weighted by Crippen LogP contribution is 2.09. The molecule has 9 heteroatoms. The minimum Gasteiger partial charge on any atom is -0.481 e. The van der Waals surface area contributed by atoms with Crippen LogP contribution in [0.3, 0.4) is 0 Å². The van der Waals surface area contributed by atoms with Crippen molar-refractivity contribution in [1.82, 2.24) is 15.5 Å². The molecular formula is C25H41N3O6. The van der Waals surface area contributed by atoms with Crippen LogP contribution in [0.5, 0.6) is 0 Å². The second-order valence-corrected chi connectivity index (χ2v) is 10.2. The van der Waals surface area contributed by atoms with Crippen molar-refractivity contribution >= 4 is 17.9 Å². The Morgan fingerprint density at radius 1 is 0.794 bits per heavy atom. The summed E-state index contributed by atoms with van der Waals surface area (Å²) in [5, 5.41) is 15.2. The van der Waals surface area contributed by atoms with Crippen LogP contribution in [-0.2, 0) is 36.8 Å². The molecule has 3 N–H and O–H groups in total. The fourth-order valence-electron chi connectivity index (χ4n) is 3.08. The van der Waals surface area contributed by atoms with Crippen LogP contribution in [0, 0.1) is 0 Å². The molecule has 0 atom stereocenters. The van der Waals surface area contributed by atoms with Gasteiger partial charge in [-0.3, -0.25) is 19.3 Å². The van der Waals surface area contributed by atoms with Gasteiger partial charge in [0, 0.05) is 32.7 Å². The number of carboxylic acids is 1. The molecule has 0 saturated carbocycles. The van der Waals surface area contributed by atoms with E-state index in [1.54, 1.807) is 0 Å². The number of carbonyl (C=O) groups is 3. The summed E-state index contributed by atoms with van der Waals surface area (Å²) >= 11 is 0. The zero-order chi connectivity index (χ0) is 25.8. The molecule has 0 heterocycles. The van der Waals surface area contributed by atoms with Gasteiger partial charge < -0.3 is 25.2 Å². The smallest absolute Gasteiger partial charge is 0.320 e. The molecule has 1 aromatic carbocycles. The van der Waals surface area contributed by atoms with Crippen molar-refractivity contribution in [2.24, 2.45) is 0 Å². The molecule has 0 amide bonds. The van der Waals surface area contributed by atoms with Gasteiger partial charge in [0.15, 0.2) is 0 Å². The van der Waals surface area contributed by atoms with E-state index in [-0.39, 0.29) is 31.4 Å². The SMILES string of the molecule is CC(C)(C)OC(=O)CNCCN(CCNCC(=O)OC(C)(C)C)Cc1ccc(CC(=O)O)cc1. The van der Waals surface area contributed by atoms with E-state index in [2.05, 4.69) is 15.5 Å². The summed E-state index contributed by atoms with van der Waals surface area (Å²) in [6.07, 6.45) is -0.00678. The van der Waals surface area contributed by atoms with E-state index in [1.807, 2.05) is 65.8 Å². The molecule has 0 saturated heterocycles. The molecule has 0 bridgehead atoms. The molecule has 0 aliphatic rings. The Labute approximate surface area is 203 Å². The molecule has 0 aromatic heterocycles. The van der Waals surface area contributed by atoms with Gasteiger partial charge in [-0.05, 0) is 52.7 Å². The van der Waals surface area contributed by atoms with Gasteiger partial charge in [-0.15, -0.1) is 0 Å². The van der Waals surface area contributed by atoms with Crippen LogP contribution >= 0.6 is 0 Å². The summed E-state index contributed by atoms with van der Waals surface area (Å²) in [6.45, 7) is 14.4. The zero-order valence-electron chi connectivity index (χ0n) is 21.4. The third-order valence-electron chi connectivity index (χ3n) is 4.37. The molecular weight excluding hydrogens is 438 g/mol. The van der Waals surface area contributed by atoms with Crippen LogP contribution < -0.4 is 10.6 Å². The van der Waals surface area contributed by atoms with Gasteiger partial charge in [-0.1, -0.05) is 24.3 Å². The van der Waals surface area contributed by atoms with E-state index in [9.17, 15) is 14.4 Å². The van der Waals surface area contributed by atoms with E-state index >= 15 is 0 Å². The average Bonchev–Trinajstić information content (AvgIpc) is 2.66. The Morgan fingerprint density at radius 2 is 1.21 bits per heavy atom. The summed E-state index contributed by atoms with van der Waals surface area (Å²) in [5.41, 5.74) is 0.767. The maximum absolute atomic E-state index is 11.9. The van der Waals surface area contributed by atoms with Crippen LogP contribution in [-0.4, -0.2) is 78.4 Å². The van der Waals surface area contributed by atoms with E-state index in [4.69, 9.17) is 14.6 Å². The van der Waals surface area contributed by atoms with Crippen LogP contribution in [0.4, 0.5) is 0 Å². The van der Waals surface area contributed by atoms with Crippen molar-refractivity contribution in [3.63, 3.8) is 0 Å². The number of ether oxygens (including phenoxy) is 2. The largest absolute Gasteiger partial charge is 0.481 e. The second-order valence-electron chi connectivity index (χ2n) is 10.2. The van der Waals surface area contributed by atoms with Crippen LogP contribution in [0.2, 0.25) is 0 Å². The van der Waals surface area contributed by atoms with Gasteiger partial charge >= 0.3 is 17.9 Å². The highest BCUT2D eigenvalue weighted by Gasteiger charge is 2.17. The Bertz CT molecular complexity index is 745. The van der Waals surface area contributed by atoms with Crippen molar-refractivity contribution in [1.29, 1.82) is 0 Å². The quantitative estimate of drug-likeness (QED) is 0.272. The lowest BCUT2D eigenvalue weighted by Gasteiger charge is -2.24. The molecule has 1 aromatic rings. The van der Waals surface area contributed by atoms with Crippen molar-refractivity contribution in [2.45, 2.75) is 65.7 Å². The van der Waals surface area contributed by atoms with Crippen molar-refractivity contribution < 1.29 is 29.0 Å². The minimum atomic E-state index is -0.860. The van der Waals surface area contributed by atoms with Gasteiger partial charge in [0.05, 0.1) is 19.5 Å². The average molecular weight is 480 g/mol. The van der Waals surface area contributed by atoms with Gasteiger partial charge in [0.2, 0.25) is 0 Å². The summed E-state index contributed by atoms with van der Waals surface area (Å²) in [4.78, 5) is 36.8. The van der Waals surface area contributed by atoms with E-state index in [0.29, 0.717) is 32.7 Å². The van der Waals surface area contributed by atoms with Crippen LogP contribution in [0.1, 0.15) is 52.7 Å². The first-order chi connectivity index (χ1) is 15.7. The van der Waals surface area contributed by atoms with Crippen LogP contribution in [0.15, 0.2) is 24.3 Å². The molecule has 0 unspecified atom stereocenters. The number of nitrogens with one attached hydrogen (secondary N) is 2. The molecule has 0 aliphatic heterocycles. The fraction of sp³-hybridized carbons (Fsp3) is 0.640. The molecule has 34 heavy (non-hydrogen) atoms. The summed E-state index contributed by atoms with van der Waals surface area (Å²) < 4.78 is 10.6. The number of esters is 2. The van der Waals surface area contributed by atoms with E-state index in [1.165, 1.54) is 0 Å². The number of carbonyl (C=O) groups excluding carboxylic acids is 2. The highest BCUT2D eigenvalue weighted by atomic mass is 16.6. The van der Waals surface area contributed by atoms with E-state index < -0.39 is 17.2 Å². The third-order valence-corrected chi connectivity index (χ3v) is 4.37. The Hall–Kier alpha value is -2.49. The van der Waals surface area contributed by atoms with Gasteiger partial charge in [0.25, 0.3) is 0 Å². The van der Waals surface area contributed by atoms with Crippen molar-refractivity contribution in [3.8, 4) is 0 Å². The highest BCUT2D eigenvalue weighted by molar-refractivity contribution is 5.72. The molecule has 0 spiro atoms. The molecule has 9 nitrogen and oxygen atoms in total. The van der Waals surface area contributed by atoms with Crippen LogP contribution in [0.25, 0.3) is 0 Å². The lowest BCUT2D eigenvalue weighted by molar-refractivity contribution is -0.154. The Kier molecular flexibility index (Phi) is 12.2. The standard InChI is InChI=1S/C25H41N3O6/c1-24(2,3)33-22(31)16-26-11-13-28(14-12-27-17-23(32)34-25(4,5)6)18-20-9-7-19(8-10-20)15-21(29)30/h7-10,26-27H,11-18H2,1-6H3,(H,29,30). The monoisotopic (exact) mass is 479 g/mol. The number of carboxylic acid groups (broad SMARTS) is 1. The number of benzene rings is 1. The lowest BCUT2D eigenvalue weighted by atomic mass is 10.1. The maximum atomic E-state index is 11.9. The van der Waals surface area contributed by atoms with Gasteiger partial charge in [0.1, 0.15) is 11.2 Å². The number of nitrogens with zero attached hydrogens (tertiary/aromatic N) is 1. The fourth-order valence-corrected chi connectivity index (χ4v) is 3.08. The summed E-state index contributed by atoms with van der Waals surface area (Å²) in [5.74, 6) is -1.46. The number of rotatable bonds is 14. The van der Waals surface area contributed by atoms with Crippen molar-refractivity contribution in [2.75, 3.05) is 39.3 Å². The van der Waals surface area contributed by atoms with E-state index in [0.717, 1.165) is 11.1 Å². The second kappa shape index (κ2) is 14.0. The number of hydrogen-bond donors (Lipinski definition) is 3. The van der Waals surface area contributed by atoms with Gasteiger partial charge in [-0.25, -0.2) is 0 Å². The lowest BCUT2D eigenvalue weighted by Crippen LogP contribution is -2.40.